The van der Waals surface area contributed by atoms with E-state index >= 15 is 0 Å². The zero-order valence-corrected chi connectivity index (χ0v) is 10.6. The van der Waals surface area contributed by atoms with Crippen molar-refractivity contribution in [3.8, 4) is 0 Å². The molecule has 0 heterocycles. The number of rotatable bonds is 3. The van der Waals surface area contributed by atoms with Gasteiger partial charge in [0.25, 0.3) is 0 Å². The number of carbonyl (C=O) groups is 1. The number of hydrogen-bond acceptors (Lipinski definition) is 4. The fourth-order valence-corrected chi connectivity index (χ4v) is 2.15. The maximum atomic E-state index is 13.5. The molecule has 0 spiro atoms. The fraction of sp³-hybridized carbons (Fsp3) is 0.300. The van der Waals surface area contributed by atoms with Crippen molar-refractivity contribution < 1.29 is 35.5 Å². The highest BCUT2D eigenvalue weighted by atomic mass is 32.2. The van der Waals surface area contributed by atoms with Crippen molar-refractivity contribution in [2.24, 2.45) is 0 Å². The molecule has 0 aliphatic heterocycles. The van der Waals surface area contributed by atoms with Crippen LogP contribution in [0, 0.1) is 23.3 Å². The van der Waals surface area contributed by atoms with E-state index in [4.69, 9.17) is 0 Å². The molecule has 0 unspecified atom stereocenters. The number of esters is 1. The third-order valence-electron chi connectivity index (χ3n) is 2.07. The van der Waals surface area contributed by atoms with Crippen LogP contribution in [0.15, 0.2) is 4.90 Å². The number of carbonyl (C=O) groups excluding carboxylic acids is 1. The molecular formula is C10H8F4O4S. The Morgan fingerprint density at radius 3 is 1.79 bits per heavy atom. The molecule has 0 bridgehead atoms. The molecule has 19 heavy (non-hydrogen) atoms. The minimum atomic E-state index is -4.55. The largest absolute Gasteiger partial charge is 0.462 e. The average molecular weight is 300 g/mol. The van der Waals surface area contributed by atoms with Crippen LogP contribution in [0.25, 0.3) is 0 Å². The summed E-state index contributed by atoms with van der Waals surface area (Å²) in [5, 5.41) is 0. The van der Waals surface area contributed by atoms with Crippen LogP contribution in [0.3, 0.4) is 0 Å². The first kappa shape index (κ1) is 15.4. The molecule has 0 aliphatic carbocycles. The SMILES string of the molecule is CCOC(=O)c1c(F)c(F)c(S(C)(=O)=O)c(F)c1F. The van der Waals surface area contributed by atoms with Gasteiger partial charge < -0.3 is 4.74 Å². The maximum absolute atomic E-state index is 13.5. The molecule has 0 saturated carbocycles. The van der Waals surface area contributed by atoms with Gasteiger partial charge in [0, 0.05) is 6.26 Å². The molecule has 0 atom stereocenters. The van der Waals surface area contributed by atoms with Crippen LogP contribution in [-0.4, -0.2) is 27.2 Å². The second-order valence-electron chi connectivity index (χ2n) is 3.45. The number of halogens is 4. The minimum Gasteiger partial charge on any atom is -0.462 e. The summed E-state index contributed by atoms with van der Waals surface area (Å²) >= 11 is 0. The zero-order chi connectivity index (χ0) is 15.0. The maximum Gasteiger partial charge on any atom is 0.344 e. The summed E-state index contributed by atoms with van der Waals surface area (Å²) in [4.78, 5) is 9.40. The predicted molar refractivity (Wildman–Crippen MR) is 55.3 cm³/mol. The summed E-state index contributed by atoms with van der Waals surface area (Å²) in [5.41, 5.74) is -1.61. The number of hydrogen-bond donors (Lipinski definition) is 0. The smallest absolute Gasteiger partial charge is 0.344 e. The topological polar surface area (TPSA) is 60.4 Å². The normalized spacial score (nSPS) is 11.5. The first-order chi connectivity index (χ1) is 8.62. The van der Waals surface area contributed by atoms with E-state index in [0.717, 1.165) is 0 Å². The van der Waals surface area contributed by atoms with Crippen molar-refractivity contribution >= 4 is 15.8 Å². The Hall–Kier alpha value is -1.64. The van der Waals surface area contributed by atoms with Crippen LogP contribution >= 0.6 is 0 Å². The van der Waals surface area contributed by atoms with E-state index < -0.39 is 49.5 Å². The molecule has 0 amide bonds. The van der Waals surface area contributed by atoms with Gasteiger partial charge in [-0.2, -0.15) is 0 Å². The van der Waals surface area contributed by atoms with Gasteiger partial charge in [-0.1, -0.05) is 0 Å². The Bertz CT molecular complexity index is 610. The molecule has 0 saturated heterocycles. The monoisotopic (exact) mass is 300 g/mol. The summed E-state index contributed by atoms with van der Waals surface area (Å²) in [5.74, 6) is -10.2. The molecule has 4 nitrogen and oxygen atoms in total. The molecule has 0 aromatic heterocycles. The molecule has 0 radical (unpaired) electrons. The van der Waals surface area contributed by atoms with Crippen molar-refractivity contribution in [2.45, 2.75) is 11.8 Å². The van der Waals surface area contributed by atoms with Gasteiger partial charge in [-0.3, -0.25) is 0 Å². The Balaban J connectivity index is 3.71. The minimum absolute atomic E-state index is 0.283. The van der Waals surface area contributed by atoms with Gasteiger partial charge in [0.15, 0.2) is 33.1 Å². The van der Waals surface area contributed by atoms with Crippen LogP contribution in [0.4, 0.5) is 17.6 Å². The van der Waals surface area contributed by atoms with E-state index in [1.165, 1.54) is 6.92 Å². The standard InChI is InChI=1S/C10H8F4O4S/c1-3-18-10(15)4-5(11)7(13)9(19(2,16)17)8(14)6(4)12/h3H2,1-2H3. The average Bonchev–Trinajstić information content (AvgIpc) is 2.25. The Kier molecular flexibility index (Phi) is 4.18. The third-order valence-corrected chi connectivity index (χ3v) is 3.17. The molecule has 0 N–H and O–H groups in total. The van der Waals surface area contributed by atoms with Crippen molar-refractivity contribution in [1.82, 2.24) is 0 Å². The molecule has 0 aliphatic rings. The lowest BCUT2D eigenvalue weighted by Gasteiger charge is -2.09. The molecular weight excluding hydrogens is 292 g/mol. The van der Waals surface area contributed by atoms with E-state index in [1.54, 1.807) is 0 Å². The predicted octanol–water partition coefficient (Wildman–Crippen LogP) is 1.82. The van der Waals surface area contributed by atoms with Gasteiger partial charge in [-0.25, -0.2) is 30.8 Å². The van der Waals surface area contributed by atoms with Gasteiger partial charge in [0.05, 0.1) is 6.61 Å². The summed E-state index contributed by atoms with van der Waals surface area (Å²) in [7, 11) is -4.55. The van der Waals surface area contributed by atoms with Crippen LogP contribution in [-0.2, 0) is 14.6 Å². The van der Waals surface area contributed by atoms with E-state index in [9.17, 15) is 30.8 Å². The lowest BCUT2D eigenvalue weighted by molar-refractivity contribution is 0.0511. The summed E-state index contributed by atoms with van der Waals surface area (Å²) in [6.45, 7) is 1.03. The van der Waals surface area contributed by atoms with E-state index in [2.05, 4.69) is 4.74 Å². The van der Waals surface area contributed by atoms with Gasteiger partial charge in [-0.05, 0) is 6.92 Å². The van der Waals surface area contributed by atoms with Gasteiger partial charge in [0.1, 0.15) is 10.5 Å². The first-order valence-electron chi connectivity index (χ1n) is 4.86. The second kappa shape index (κ2) is 5.16. The van der Waals surface area contributed by atoms with E-state index in [1.807, 2.05) is 0 Å². The number of sulfone groups is 1. The molecule has 1 aromatic carbocycles. The van der Waals surface area contributed by atoms with Crippen LogP contribution in [0.2, 0.25) is 0 Å². The molecule has 9 heteroatoms. The lowest BCUT2D eigenvalue weighted by Crippen LogP contribution is -2.17. The quantitative estimate of drug-likeness (QED) is 0.485. The molecule has 1 aromatic rings. The van der Waals surface area contributed by atoms with Gasteiger partial charge >= 0.3 is 5.97 Å². The lowest BCUT2D eigenvalue weighted by atomic mass is 10.2. The highest BCUT2D eigenvalue weighted by molar-refractivity contribution is 7.90. The number of benzene rings is 1. The zero-order valence-electron chi connectivity index (χ0n) is 9.76. The highest BCUT2D eigenvalue weighted by Gasteiger charge is 2.33. The first-order valence-corrected chi connectivity index (χ1v) is 6.75. The Morgan fingerprint density at radius 1 is 1.05 bits per heavy atom. The summed E-state index contributed by atoms with van der Waals surface area (Å²) < 4.78 is 80.1. The van der Waals surface area contributed by atoms with Crippen LogP contribution in [0.5, 0.6) is 0 Å². The summed E-state index contributed by atoms with van der Waals surface area (Å²) in [6, 6.07) is 0. The van der Waals surface area contributed by atoms with Gasteiger partial charge in [-0.15, -0.1) is 0 Å². The third kappa shape index (κ3) is 2.70. The van der Waals surface area contributed by atoms with E-state index in [0.29, 0.717) is 6.26 Å². The van der Waals surface area contributed by atoms with Gasteiger partial charge in [0.2, 0.25) is 0 Å². The summed E-state index contributed by atoms with van der Waals surface area (Å²) in [6.07, 6.45) is 0.372. The molecule has 0 fully saturated rings. The Morgan fingerprint density at radius 2 is 1.47 bits per heavy atom. The van der Waals surface area contributed by atoms with Crippen LogP contribution < -0.4 is 0 Å². The van der Waals surface area contributed by atoms with Crippen molar-refractivity contribution in [1.29, 1.82) is 0 Å². The van der Waals surface area contributed by atoms with Crippen molar-refractivity contribution in [3.63, 3.8) is 0 Å². The number of ether oxygens (including phenoxy) is 1. The fourth-order valence-electron chi connectivity index (χ4n) is 1.32. The Labute approximate surface area is 105 Å². The second-order valence-corrected chi connectivity index (χ2v) is 5.41. The van der Waals surface area contributed by atoms with E-state index in [-0.39, 0.29) is 6.61 Å². The van der Waals surface area contributed by atoms with Crippen molar-refractivity contribution in [2.75, 3.05) is 12.9 Å². The molecule has 106 valence electrons. The van der Waals surface area contributed by atoms with Crippen LogP contribution in [0.1, 0.15) is 17.3 Å². The van der Waals surface area contributed by atoms with Crippen molar-refractivity contribution in [3.05, 3.63) is 28.8 Å². The highest BCUT2D eigenvalue weighted by Crippen LogP contribution is 2.27. The molecule has 1 rings (SSSR count).